The fourth-order valence-electron chi connectivity index (χ4n) is 3.93. The van der Waals surface area contributed by atoms with Gasteiger partial charge in [-0.25, -0.2) is 0 Å². The van der Waals surface area contributed by atoms with Crippen LogP contribution in [0.25, 0.3) is 0 Å². The van der Waals surface area contributed by atoms with Gasteiger partial charge in [-0.05, 0) is 18.4 Å². The molecule has 0 bridgehead atoms. The average molecular weight is 269 g/mol. The van der Waals surface area contributed by atoms with Crippen LogP contribution in [0, 0.1) is 11.3 Å². The molecule has 1 N–H and O–H groups in total. The van der Waals surface area contributed by atoms with E-state index >= 15 is 0 Å². The van der Waals surface area contributed by atoms with Crippen LogP contribution in [0.1, 0.15) is 37.2 Å². The second-order valence-corrected chi connectivity index (χ2v) is 5.98. The van der Waals surface area contributed by atoms with Gasteiger partial charge < -0.3 is 5.32 Å². The third-order valence-corrected chi connectivity index (χ3v) is 4.95. The first-order valence-electron chi connectivity index (χ1n) is 7.79. The van der Waals surface area contributed by atoms with Crippen LogP contribution in [0.5, 0.6) is 0 Å². The maximum absolute atomic E-state index is 10.0. The minimum atomic E-state index is -0.290. The smallest absolute Gasteiger partial charge is 0.116 e. The third kappa shape index (κ3) is 2.34. The fraction of sp³-hybridized carbons (Fsp3) is 0.588. The molecule has 0 radical (unpaired) electrons. The zero-order chi connectivity index (χ0) is 13.8. The lowest BCUT2D eigenvalue weighted by atomic mass is 9.69. The molecule has 3 rings (SSSR count). The number of nitrogens with zero attached hydrogens (tertiary/aromatic N) is 2. The maximum atomic E-state index is 10.0. The minimum absolute atomic E-state index is 0.290. The number of nitrogens with one attached hydrogen (secondary N) is 1. The normalized spacial score (nSPS) is 31.6. The molecule has 20 heavy (non-hydrogen) atoms. The van der Waals surface area contributed by atoms with Crippen LogP contribution in [-0.4, -0.2) is 36.6 Å². The van der Waals surface area contributed by atoms with Crippen molar-refractivity contribution in [3.63, 3.8) is 0 Å². The van der Waals surface area contributed by atoms with E-state index < -0.39 is 0 Å². The molecule has 106 valence electrons. The molecule has 2 fully saturated rings. The number of piperazine rings is 1. The average Bonchev–Trinajstić information content (AvgIpc) is 2.56. The van der Waals surface area contributed by atoms with E-state index in [0.29, 0.717) is 5.92 Å². The van der Waals surface area contributed by atoms with Crippen molar-refractivity contribution >= 4 is 0 Å². The lowest BCUT2D eigenvalue weighted by Gasteiger charge is -2.48. The van der Waals surface area contributed by atoms with Crippen molar-refractivity contribution in [3.8, 4) is 6.07 Å². The van der Waals surface area contributed by atoms with Crippen LogP contribution < -0.4 is 5.32 Å². The molecule has 1 aromatic carbocycles. The molecular weight excluding hydrogens is 246 g/mol. The van der Waals surface area contributed by atoms with Crippen LogP contribution >= 0.6 is 0 Å². The van der Waals surface area contributed by atoms with E-state index in [1.807, 2.05) is 0 Å². The predicted molar refractivity (Wildman–Crippen MR) is 80.4 cm³/mol. The highest BCUT2D eigenvalue weighted by atomic mass is 15.2. The second kappa shape index (κ2) is 5.95. The van der Waals surface area contributed by atoms with E-state index in [9.17, 15) is 5.26 Å². The van der Waals surface area contributed by atoms with E-state index in [4.69, 9.17) is 0 Å². The Morgan fingerprint density at radius 1 is 1.15 bits per heavy atom. The van der Waals surface area contributed by atoms with Crippen molar-refractivity contribution in [2.75, 3.05) is 26.2 Å². The summed E-state index contributed by atoms with van der Waals surface area (Å²) in [4.78, 5) is 2.44. The molecule has 0 aromatic heterocycles. The fourth-order valence-corrected chi connectivity index (χ4v) is 3.93. The van der Waals surface area contributed by atoms with Gasteiger partial charge in [-0.3, -0.25) is 4.90 Å². The zero-order valence-electron chi connectivity index (χ0n) is 12.0. The van der Waals surface area contributed by atoms with E-state index in [0.717, 1.165) is 39.0 Å². The highest BCUT2D eigenvalue weighted by Crippen LogP contribution is 2.44. The number of hydrogen-bond acceptors (Lipinski definition) is 3. The van der Waals surface area contributed by atoms with Crippen molar-refractivity contribution in [2.45, 2.75) is 37.1 Å². The minimum Gasteiger partial charge on any atom is -0.314 e. The molecule has 2 aliphatic rings. The highest BCUT2D eigenvalue weighted by molar-refractivity contribution is 5.30. The predicted octanol–water partition coefficient (Wildman–Crippen LogP) is 2.51. The summed E-state index contributed by atoms with van der Waals surface area (Å²) in [6, 6.07) is 13.4. The molecule has 1 saturated heterocycles. The topological polar surface area (TPSA) is 39.1 Å². The zero-order valence-corrected chi connectivity index (χ0v) is 12.0. The summed E-state index contributed by atoms with van der Waals surface area (Å²) in [5.74, 6) is 0.362. The number of rotatable bonds is 2. The first kappa shape index (κ1) is 13.6. The second-order valence-electron chi connectivity index (χ2n) is 5.98. The van der Waals surface area contributed by atoms with Gasteiger partial charge in [0, 0.05) is 32.1 Å². The largest absolute Gasteiger partial charge is 0.314 e. The standard InChI is InChI=1S/C17H23N3/c18-14-17(20-12-10-19-11-13-20)9-5-4-8-16(17)15-6-2-1-3-7-15/h1-3,6-7,16,19H,4-5,8-13H2. The number of hydrogen-bond donors (Lipinski definition) is 1. The Kier molecular flexibility index (Phi) is 4.05. The molecule has 3 nitrogen and oxygen atoms in total. The molecule has 3 heteroatoms. The maximum Gasteiger partial charge on any atom is 0.116 e. The van der Waals surface area contributed by atoms with Gasteiger partial charge in [-0.15, -0.1) is 0 Å². The van der Waals surface area contributed by atoms with Crippen molar-refractivity contribution in [1.82, 2.24) is 10.2 Å². The summed E-state index contributed by atoms with van der Waals surface area (Å²) in [5.41, 5.74) is 1.05. The van der Waals surface area contributed by atoms with E-state index in [2.05, 4.69) is 46.6 Å². The molecule has 1 heterocycles. The van der Waals surface area contributed by atoms with Crippen molar-refractivity contribution in [2.24, 2.45) is 0 Å². The Labute approximate surface area is 121 Å². The molecular formula is C17H23N3. The Balaban J connectivity index is 1.95. The molecule has 2 atom stereocenters. The SMILES string of the molecule is N#CC1(N2CCNCC2)CCCCC1c1ccccc1. The summed E-state index contributed by atoms with van der Waals surface area (Å²) < 4.78 is 0. The summed E-state index contributed by atoms with van der Waals surface area (Å²) in [5, 5.41) is 13.4. The Hall–Kier alpha value is -1.37. The summed E-state index contributed by atoms with van der Waals surface area (Å²) >= 11 is 0. The number of benzene rings is 1. The first-order chi connectivity index (χ1) is 9.87. The molecule has 1 aliphatic carbocycles. The van der Waals surface area contributed by atoms with Crippen LogP contribution in [0.2, 0.25) is 0 Å². The Morgan fingerprint density at radius 3 is 2.60 bits per heavy atom. The summed E-state index contributed by atoms with van der Waals surface area (Å²) in [6.07, 6.45) is 4.58. The van der Waals surface area contributed by atoms with Crippen molar-refractivity contribution in [3.05, 3.63) is 35.9 Å². The Morgan fingerprint density at radius 2 is 1.90 bits per heavy atom. The highest BCUT2D eigenvalue weighted by Gasteiger charge is 2.46. The van der Waals surface area contributed by atoms with Crippen LogP contribution in [0.3, 0.4) is 0 Å². The summed E-state index contributed by atoms with van der Waals surface area (Å²) in [6.45, 7) is 4.00. The van der Waals surface area contributed by atoms with Gasteiger partial charge in [0.1, 0.15) is 5.54 Å². The van der Waals surface area contributed by atoms with Crippen LogP contribution in [-0.2, 0) is 0 Å². The van der Waals surface area contributed by atoms with Crippen molar-refractivity contribution in [1.29, 1.82) is 5.26 Å². The van der Waals surface area contributed by atoms with Gasteiger partial charge in [-0.1, -0.05) is 43.2 Å². The van der Waals surface area contributed by atoms with Crippen LogP contribution in [0.15, 0.2) is 30.3 Å². The lowest BCUT2D eigenvalue weighted by Crippen LogP contribution is -2.59. The van der Waals surface area contributed by atoms with Gasteiger partial charge in [-0.2, -0.15) is 5.26 Å². The number of nitriles is 1. The Bertz CT molecular complexity index is 473. The van der Waals surface area contributed by atoms with Gasteiger partial charge in [0.15, 0.2) is 0 Å². The quantitative estimate of drug-likeness (QED) is 0.896. The van der Waals surface area contributed by atoms with Gasteiger partial charge in [0.2, 0.25) is 0 Å². The van der Waals surface area contributed by atoms with Gasteiger partial charge >= 0.3 is 0 Å². The molecule has 1 aliphatic heterocycles. The first-order valence-corrected chi connectivity index (χ1v) is 7.79. The van der Waals surface area contributed by atoms with Crippen molar-refractivity contribution < 1.29 is 0 Å². The summed E-state index contributed by atoms with van der Waals surface area (Å²) in [7, 11) is 0. The monoisotopic (exact) mass is 269 g/mol. The molecule has 0 spiro atoms. The van der Waals surface area contributed by atoms with E-state index in [-0.39, 0.29) is 5.54 Å². The lowest BCUT2D eigenvalue weighted by molar-refractivity contribution is 0.0651. The van der Waals surface area contributed by atoms with Gasteiger partial charge in [0.25, 0.3) is 0 Å². The third-order valence-electron chi connectivity index (χ3n) is 4.95. The van der Waals surface area contributed by atoms with E-state index in [1.54, 1.807) is 0 Å². The van der Waals surface area contributed by atoms with E-state index in [1.165, 1.54) is 18.4 Å². The molecule has 0 amide bonds. The molecule has 1 saturated carbocycles. The molecule has 2 unspecified atom stereocenters. The van der Waals surface area contributed by atoms with Gasteiger partial charge in [0.05, 0.1) is 6.07 Å². The van der Waals surface area contributed by atoms with Crippen LogP contribution in [0.4, 0.5) is 0 Å². The molecule has 1 aromatic rings.